The molecule has 6 N–H and O–H groups in total. The lowest BCUT2D eigenvalue weighted by Gasteiger charge is -2.53. The van der Waals surface area contributed by atoms with Gasteiger partial charge in [-0.05, 0) is 50.6 Å². The van der Waals surface area contributed by atoms with Gasteiger partial charge in [-0.2, -0.15) is 0 Å². The summed E-state index contributed by atoms with van der Waals surface area (Å²) in [7, 11) is 4.32. The van der Waals surface area contributed by atoms with E-state index in [-0.39, 0.29) is 35.1 Å². The van der Waals surface area contributed by atoms with Gasteiger partial charge in [0.05, 0.1) is 24.3 Å². The number of phenolic OH excluding ortho intramolecular Hbond substituents is 1. The van der Waals surface area contributed by atoms with Crippen LogP contribution in [0, 0.1) is 17.8 Å². The highest BCUT2D eigenvalue weighted by Gasteiger charge is 2.67. The number of carbonyl (C=O) groups is 4. The molecule has 1 aromatic rings. The zero-order chi connectivity index (χ0) is 25.3. The van der Waals surface area contributed by atoms with Gasteiger partial charge >= 0.3 is 5.97 Å². The summed E-state index contributed by atoms with van der Waals surface area (Å²) in [6, 6.07) is 1.52. The fourth-order valence-electron chi connectivity index (χ4n) is 5.91. The number of rotatable bonds is 3. The normalized spacial score (nSPS) is 32.7. The summed E-state index contributed by atoms with van der Waals surface area (Å²) in [5.41, 5.74) is 2.52. The molecule has 0 saturated heterocycles. The number of aromatic hydroxyl groups is 1. The number of nitrogens with zero attached hydrogens (tertiary/aromatic N) is 1. The molecule has 182 valence electrons. The minimum absolute atomic E-state index is 0.0234. The Morgan fingerprint density at radius 3 is 2.41 bits per heavy atom. The second-order valence-corrected chi connectivity index (χ2v) is 9.27. The lowest BCUT2D eigenvalue weighted by Crippen LogP contribution is -2.73. The number of hydrogen-bond acceptors (Lipinski definition) is 10. The summed E-state index contributed by atoms with van der Waals surface area (Å²) >= 11 is 0. The third-order valence-electron chi connectivity index (χ3n) is 7.38. The predicted octanol–water partition coefficient (Wildman–Crippen LogP) is -1.08. The van der Waals surface area contributed by atoms with Crippen LogP contribution in [0.25, 0.3) is 5.76 Å². The average Bonchev–Trinajstić information content (AvgIpc) is 2.75. The van der Waals surface area contributed by atoms with Crippen LogP contribution < -0.4 is 5.73 Å². The molecule has 0 bridgehead atoms. The van der Waals surface area contributed by atoms with Gasteiger partial charge in [0.25, 0.3) is 0 Å². The Kier molecular flexibility index (Phi) is 5.54. The van der Waals surface area contributed by atoms with Gasteiger partial charge in [-0.15, -0.1) is 0 Å². The third kappa shape index (κ3) is 3.00. The van der Waals surface area contributed by atoms with Gasteiger partial charge in [0.1, 0.15) is 17.4 Å². The van der Waals surface area contributed by atoms with Crippen LogP contribution in [0.4, 0.5) is 0 Å². The van der Waals surface area contributed by atoms with Gasteiger partial charge in [-0.25, -0.2) is 4.79 Å². The molecule has 6 atom stereocenters. The average molecular weight is 474 g/mol. The SMILES string of the molecule is COC(=O)c1ccc(O)c2c1C[C@H]1C[C@H]3[C@H](N(C)C)C(O)C(C(N)=O)C(=O)[C@@]3(O)C(=O)C1=C2O. The van der Waals surface area contributed by atoms with E-state index in [0.717, 1.165) is 0 Å². The van der Waals surface area contributed by atoms with Crippen molar-refractivity contribution < 1.29 is 44.3 Å². The fourth-order valence-corrected chi connectivity index (χ4v) is 5.91. The van der Waals surface area contributed by atoms with Gasteiger partial charge in [0.15, 0.2) is 11.4 Å². The van der Waals surface area contributed by atoms with Crippen LogP contribution in [-0.4, -0.2) is 87.7 Å². The summed E-state index contributed by atoms with van der Waals surface area (Å²) in [5.74, 6) is -9.00. The third-order valence-corrected chi connectivity index (χ3v) is 7.38. The number of nitrogens with two attached hydrogens (primary N) is 1. The molecule has 1 aromatic carbocycles. The molecule has 2 unspecified atom stereocenters. The summed E-state index contributed by atoms with van der Waals surface area (Å²) < 4.78 is 4.79. The molecule has 3 aliphatic carbocycles. The lowest BCUT2D eigenvalue weighted by molar-refractivity contribution is -0.184. The molecule has 0 aliphatic heterocycles. The minimum atomic E-state index is -2.72. The maximum atomic E-state index is 13.7. The molecule has 2 fully saturated rings. The summed E-state index contributed by atoms with van der Waals surface area (Å²) in [6.45, 7) is 0. The van der Waals surface area contributed by atoms with E-state index in [4.69, 9.17) is 10.5 Å². The second kappa shape index (κ2) is 7.90. The molecular formula is C23H26N2O9. The van der Waals surface area contributed by atoms with Crippen molar-refractivity contribution in [2.75, 3.05) is 21.2 Å². The summed E-state index contributed by atoms with van der Waals surface area (Å²) in [4.78, 5) is 52.7. The number of primary amides is 1. The molecule has 0 radical (unpaired) electrons. The monoisotopic (exact) mass is 474 g/mol. The number of esters is 1. The van der Waals surface area contributed by atoms with Crippen molar-refractivity contribution in [2.24, 2.45) is 23.5 Å². The molecular weight excluding hydrogens is 448 g/mol. The van der Waals surface area contributed by atoms with Crippen LogP contribution in [0.3, 0.4) is 0 Å². The number of hydrogen-bond donors (Lipinski definition) is 5. The fraction of sp³-hybridized carbons (Fsp3) is 0.478. The predicted molar refractivity (Wildman–Crippen MR) is 115 cm³/mol. The number of carbonyl (C=O) groups excluding carboxylic acids is 4. The summed E-state index contributed by atoms with van der Waals surface area (Å²) in [6.07, 6.45) is -1.58. The van der Waals surface area contributed by atoms with Crippen LogP contribution in [0.5, 0.6) is 5.75 Å². The van der Waals surface area contributed by atoms with Crippen molar-refractivity contribution in [3.05, 3.63) is 34.4 Å². The first-order valence-electron chi connectivity index (χ1n) is 10.7. The maximum Gasteiger partial charge on any atom is 0.338 e. The van der Waals surface area contributed by atoms with Crippen molar-refractivity contribution in [3.8, 4) is 5.75 Å². The number of aliphatic hydroxyl groups is 3. The van der Waals surface area contributed by atoms with Gasteiger partial charge in [0, 0.05) is 17.5 Å². The first-order chi connectivity index (χ1) is 15.9. The Morgan fingerprint density at radius 1 is 1.21 bits per heavy atom. The highest BCUT2D eigenvalue weighted by Crippen LogP contribution is 2.52. The molecule has 34 heavy (non-hydrogen) atoms. The molecule has 0 spiro atoms. The molecule has 0 aromatic heterocycles. The van der Waals surface area contributed by atoms with Gasteiger partial charge < -0.3 is 35.8 Å². The Hall–Kier alpha value is -3.28. The number of aliphatic hydroxyl groups excluding tert-OH is 2. The van der Waals surface area contributed by atoms with Gasteiger partial charge in [-0.3, -0.25) is 14.4 Å². The first-order valence-corrected chi connectivity index (χ1v) is 10.7. The van der Waals surface area contributed by atoms with E-state index in [0.29, 0.717) is 0 Å². The molecule has 2 saturated carbocycles. The van der Waals surface area contributed by atoms with E-state index >= 15 is 0 Å². The molecule has 11 nitrogen and oxygen atoms in total. The van der Waals surface area contributed by atoms with Crippen molar-refractivity contribution >= 4 is 29.2 Å². The highest BCUT2D eigenvalue weighted by atomic mass is 16.5. The number of Topliss-reactive ketones (excluding diaryl/α,β-unsaturated/α-hetero) is 2. The topological polar surface area (TPSA) is 188 Å². The number of ketones is 2. The number of amides is 1. The van der Waals surface area contributed by atoms with Crippen LogP contribution in [0.1, 0.15) is 27.9 Å². The van der Waals surface area contributed by atoms with Crippen LogP contribution in [0.2, 0.25) is 0 Å². The Morgan fingerprint density at radius 2 is 1.85 bits per heavy atom. The van der Waals surface area contributed by atoms with E-state index in [1.165, 1.54) is 24.1 Å². The largest absolute Gasteiger partial charge is 0.507 e. The van der Waals surface area contributed by atoms with Crippen molar-refractivity contribution in [1.82, 2.24) is 4.90 Å². The van der Waals surface area contributed by atoms with E-state index in [2.05, 4.69) is 0 Å². The lowest BCUT2D eigenvalue weighted by atomic mass is 9.54. The molecule has 4 rings (SSSR count). The Balaban J connectivity index is 1.94. The van der Waals surface area contributed by atoms with Crippen molar-refractivity contribution in [1.29, 1.82) is 0 Å². The number of likely N-dealkylation sites (N-methyl/N-ethyl adjacent to an activating group) is 1. The van der Waals surface area contributed by atoms with Crippen molar-refractivity contribution in [2.45, 2.75) is 30.6 Å². The van der Waals surface area contributed by atoms with Crippen LogP contribution in [0.15, 0.2) is 17.7 Å². The standard InChI is InChI=1S/C23H26N2O9/c1-25(2)16-11-7-8-6-10-9(22(32)34-3)4-5-12(26)14(10)17(27)13(8)19(29)23(11,33)20(30)15(18(16)28)21(24)31/h4-5,8,11,15-16,18,26-28,33H,6-7H2,1-3H3,(H2,24,31)/t8-,11-,15?,16-,18?,23-/m0/s1. The van der Waals surface area contributed by atoms with Crippen LogP contribution >= 0.6 is 0 Å². The number of benzene rings is 1. The molecule has 0 heterocycles. The van der Waals surface area contributed by atoms with E-state index in [1.807, 2.05) is 0 Å². The second-order valence-electron chi connectivity index (χ2n) is 9.27. The Labute approximate surface area is 194 Å². The summed E-state index contributed by atoms with van der Waals surface area (Å²) in [5, 5.41) is 43.8. The molecule has 1 amide bonds. The van der Waals surface area contributed by atoms with E-state index in [1.54, 1.807) is 14.1 Å². The number of phenols is 1. The number of methoxy groups -OCH3 is 1. The van der Waals surface area contributed by atoms with Crippen LogP contribution in [-0.2, 0) is 25.5 Å². The first kappa shape index (κ1) is 23.9. The highest BCUT2D eigenvalue weighted by molar-refractivity contribution is 6.25. The minimum Gasteiger partial charge on any atom is -0.507 e. The van der Waals surface area contributed by atoms with E-state index < -0.39 is 70.5 Å². The molecule has 11 heteroatoms. The zero-order valence-corrected chi connectivity index (χ0v) is 18.8. The molecule has 3 aliphatic rings. The zero-order valence-electron chi connectivity index (χ0n) is 18.8. The van der Waals surface area contributed by atoms with Crippen molar-refractivity contribution in [3.63, 3.8) is 0 Å². The number of ether oxygens (including phenoxy) is 1. The maximum absolute atomic E-state index is 13.7. The Bertz CT molecular complexity index is 1160. The quantitative estimate of drug-likeness (QED) is 0.266. The smallest absolute Gasteiger partial charge is 0.338 e. The van der Waals surface area contributed by atoms with Gasteiger partial charge in [-0.1, -0.05) is 0 Å². The number of fused-ring (bicyclic) bond motifs is 3. The van der Waals surface area contributed by atoms with E-state index in [9.17, 15) is 39.6 Å². The van der Waals surface area contributed by atoms with Gasteiger partial charge in [0.2, 0.25) is 11.7 Å².